The molecule has 0 aliphatic rings. The van der Waals surface area contributed by atoms with Crippen LogP contribution in [-0.4, -0.2) is 36.1 Å². The maximum Gasteiger partial charge on any atom is 0.230 e. The van der Waals surface area contributed by atoms with Gasteiger partial charge in [-0.2, -0.15) is 0 Å². The molecule has 9 heteroatoms. The number of ether oxygens (including phenoxy) is 2. The summed E-state index contributed by atoms with van der Waals surface area (Å²) in [5.74, 6) is 1.61. The Bertz CT molecular complexity index is 919. The molecule has 0 saturated heterocycles. The minimum absolute atomic E-state index is 0.0481. The van der Waals surface area contributed by atoms with E-state index in [9.17, 15) is 4.79 Å². The SMILES string of the molecule is COc1ccc(OC)c(Nc2nnc(SCC(=O)NCc3ccccc3)s2)c1. The van der Waals surface area contributed by atoms with Crippen molar-refractivity contribution in [2.75, 3.05) is 25.3 Å². The summed E-state index contributed by atoms with van der Waals surface area (Å²) in [5.41, 5.74) is 1.80. The number of nitrogens with zero attached hydrogens (tertiary/aromatic N) is 2. The summed E-state index contributed by atoms with van der Waals surface area (Å²) in [6, 6.07) is 15.3. The van der Waals surface area contributed by atoms with E-state index in [0.717, 1.165) is 11.3 Å². The van der Waals surface area contributed by atoms with E-state index >= 15 is 0 Å². The highest BCUT2D eigenvalue weighted by atomic mass is 32.2. The molecule has 28 heavy (non-hydrogen) atoms. The van der Waals surface area contributed by atoms with Crippen molar-refractivity contribution < 1.29 is 14.3 Å². The van der Waals surface area contributed by atoms with Crippen LogP contribution >= 0.6 is 23.1 Å². The molecule has 7 nitrogen and oxygen atoms in total. The molecule has 1 heterocycles. The maximum atomic E-state index is 12.0. The predicted octanol–water partition coefficient (Wildman–Crippen LogP) is 3.71. The van der Waals surface area contributed by atoms with Crippen LogP contribution in [-0.2, 0) is 11.3 Å². The van der Waals surface area contributed by atoms with Crippen molar-refractivity contribution in [3.05, 3.63) is 54.1 Å². The highest BCUT2D eigenvalue weighted by Crippen LogP contribution is 2.34. The van der Waals surface area contributed by atoms with E-state index in [-0.39, 0.29) is 11.7 Å². The zero-order valence-corrected chi connectivity index (χ0v) is 17.1. The number of benzene rings is 2. The number of hydrogen-bond donors (Lipinski definition) is 2. The number of amides is 1. The monoisotopic (exact) mass is 416 g/mol. The number of nitrogens with one attached hydrogen (secondary N) is 2. The van der Waals surface area contributed by atoms with Gasteiger partial charge in [-0.3, -0.25) is 4.79 Å². The lowest BCUT2D eigenvalue weighted by Crippen LogP contribution is -2.24. The lowest BCUT2D eigenvalue weighted by Gasteiger charge is -2.10. The fourth-order valence-corrected chi connectivity index (χ4v) is 3.91. The van der Waals surface area contributed by atoms with E-state index in [2.05, 4.69) is 20.8 Å². The molecular formula is C19H20N4O3S2. The lowest BCUT2D eigenvalue weighted by molar-refractivity contribution is -0.118. The molecule has 3 rings (SSSR count). The van der Waals surface area contributed by atoms with Crippen LogP contribution in [0.4, 0.5) is 10.8 Å². The van der Waals surface area contributed by atoms with Gasteiger partial charge in [-0.25, -0.2) is 0 Å². The molecule has 146 valence electrons. The first kappa shape index (κ1) is 20.0. The van der Waals surface area contributed by atoms with Gasteiger partial charge < -0.3 is 20.1 Å². The number of thioether (sulfide) groups is 1. The molecule has 0 aliphatic carbocycles. The average molecular weight is 417 g/mol. The molecule has 0 unspecified atom stereocenters. The lowest BCUT2D eigenvalue weighted by atomic mass is 10.2. The summed E-state index contributed by atoms with van der Waals surface area (Å²) in [6.07, 6.45) is 0. The Morgan fingerprint density at radius 3 is 2.68 bits per heavy atom. The summed E-state index contributed by atoms with van der Waals surface area (Å²) in [7, 11) is 3.20. The minimum Gasteiger partial charge on any atom is -0.497 e. The van der Waals surface area contributed by atoms with E-state index in [1.807, 2.05) is 48.5 Å². The molecule has 3 aromatic rings. The highest BCUT2D eigenvalue weighted by Gasteiger charge is 2.11. The normalized spacial score (nSPS) is 10.4. The van der Waals surface area contributed by atoms with Crippen LogP contribution < -0.4 is 20.1 Å². The molecule has 0 saturated carbocycles. The minimum atomic E-state index is -0.0481. The van der Waals surface area contributed by atoms with Crippen LogP contribution in [0.2, 0.25) is 0 Å². The van der Waals surface area contributed by atoms with Crippen molar-refractivity contribution in [3.8, 4) is 11.5 Å². The van der Waals surface area contributed by atoms with E-state index in [0.29, 0.717) is 27.5 Å². The first-order chi connectivity index (χ1) is 13.7. The molecule has 2 N–H and O–H groups in total. The van der Waals surface area contributed by atoms with Gasteiger partial charge in [0.05, 0.1) is 25.7 Å². The second-order valence-electron chi connectivity index (χ2n) is 5.62. The number of rotatable bonds is 9. The first-order valence-corrected chi connectivity index (χ1v) is 10.2. The Morgan fingerprint density at radius 2 is 1.93 bits per heavy atom. The van der Waals surface area contributed by atoms with Crippen LogP contribution in [0.3, 0.4) is 0 Å². The Hall–Kier alpha value is -2.78. The molecule has 0 fully saturated rings. The average Bonchev–Trinajstić information content (AvgIpc) is 3.18. The van der Waals surface area contributed by atoms with Crippen molar-refractivity contribution in [1.82, 2.24) is 15.5 Å². The predicted molar refractivity (Wildman–Crippen MR) is 112 cm³/mol. The van der Waals surface area contributed by atoms with Gasteiger partial charge in [0, 0.05) is 12.6 Å². The quantitative estimate of drug-likeness (QED) is 0.514. The van der Waals surface area contributed by atoms with Crippen molar-refractivity contribution in [2.24, 2.45) is 0 Å². The van der Waals surface area contributed by atoms with Crippen LogP contribution in [0.5, 0.6) is 11.5 Å². The topological polar surface area (TPSA) is 85.4 Å². The summed E-state index contributed by atoms with van der Waals surface area (Å²) < 4.78 is 11.3. The van der Waals surface area contributed by atoms with Gasteiger partial charge in [-0.05, 0) is 17.7 Å². The van der Waals surface area contributed by atoms with Gasteiger partial charge in [0.2, 0.25) is 11.0 Å². The van der Waals surface area contributed by atoms with Gasteiger partial charge in [0.1, 0.15) is 11.5 Å². The largest absolute Gasteiger partial charge is 0.497 e. The summed E-state index contributed by atoms with van der Waals surface area (Å²) in [4.78, 5) is 12.0. The molecule has 0 atom stereocenters. The Balaban J connectivity index is 1.52. The smallest absolute Gasteiger partial charge is 0.230 e. The van der Waals surface area contributed by atoms with E-state index in [4.69, 9.17) is 9.47 Å². The number of aromatic nitrogens is 2. The highest BCUT2D eigenvalue weighted by molar-refractivity contribution is 8.01. The number of methoxy groups -OCH3 is 2. The van der Waals surface area contributed by atoms with Gasteiger partial charge in [0.25, 0.3) is 0 Å². The fourth-order valence-electron chi connectivity index (χ4n) is 2.32. The Labute approximate surface area is 171 Å². The molecule has 0 radical (unpaired) electrons. The number of carbonyl (C=O) groups excluding carboxylic acids is 1. The Morgan fingerprint density at radius 1 is 1.11 bits per heavy atom. The van der Waals surface area contributed by atoms with Gasteiger partial charge in [-0.15, -0.1) is 10.2 Å². The van der Waals surface area contributed by atoms with Gasteiger partial charge >= 0.3 is 0 Å². The molecule has 0 bridgehead atoms. The number of hydrogen-bond acceptors (Lipinski definition) is 8. The first-order valence-electron chi connectivity index (χ1n) is 8.44. The molecule has 2 aromatic carbocycles. The second kappa shape index (κ2) is 9.95. The van der Waals surface area contributed by atoms with E-state index in [1.54, 1.807) is 14.2 Å². The third-order valence-electron chi connectivity index (χ3n) is 3.71. The van der Waals surface area contributed by atoms with Crippen molar-refractivity contribution in [2.45, 2.75) is 10.9 Å². The van der Waals surface area contributed by atoms with E-state index in [1.165, 1.54) is 23.1 Å². The van der Waals surface area contributed by atoms with Crippen molar-refractivity contribution in [3.63, 3.8) is 0 Å². The van der Waals surface area contributed by atoms with Crippen molar-refractivity contribution >= 4 is 39.8 Å². The molecule has 1 amide bonds. The Kier molecular flexibility index (Phi) is 7.10. The van der Waals surface area contributed by atoms with Crippen LogP contribution in [0.1, 0.15) is 5.56 Å². The maximum absolute atomic E-state index is 12.0. The molecule has 1 aromatic heterocycles. The summed E-state index contributed by atoms with van der Waals surface area (Å²) >= 11 is 2.72. The third kappa shape index (κ3) is 5.61. The standard InChI is InChI=1S/C19H20N4O3S2/c1-25-14-8-9-16(26-2)15(10-14)21-18-22-23-19(28-18)27-12-17(24)20-11-13-6-4-3-5-7-13/h3-10H,11-12H2,1-2H3,(H,20,24)(H,21,22). The second-order valence-corrected chi connectivity index (χ2v) is 7.82. The fraction of sp³-hybridized carbons (Fsp3) is 0.211. The van der Waals surface area contributed by atoms with Gasteiger partial charge in [-0.1, -0.05) is 53.4 Å². The van der Waals surface area contributed by atoms with Crippen LogP contribution in [0, 0.1) is 0 Å². The zero-order chi connectivity index (χ0) is 19.8. The van der Waals surface area contributed by atoms with E-state index < -0.39 is 0 Å². The number of anilines is 2. The molecular weight excluding hydrogens is 396 g/mol. The van der Waals surface area contributed by atoms with Gasteiger partial charge in [0.15, 0.2) is 4.34 Å². The zero-order valence-electron chi connectivity index (χ0n) is 15.5. The summed E-state index contributed by atoms with van der Waals surface area (Å²) in [6.45, 7) is 0.513. The number of carbonyl (C=O) groups is 1. The van der Waals surface area contributed by atoms with Crippen LogP contribution in [0.25, 0.3) is 0 Å². The molecule has 0 aliphatic heterocycles. The van der Waals surface area contributed by atoms with Crippen molar-refractivity contribution in [1.29, 1.82) is 0 Å². The van der Waals surface area contributed by atoms with Crippen LogP contribution in [0.15, 0.2) is 52.9 Å². The summed E-state index contributed by atoms with van der Waals surface area (Å²) in [5, 5.41) is 14.9. The third-order valence-corrected chi connectivity index (χ3v) is 5.69. The molecule has 0 spiro atoms.